The Labute approximate surface area is 145 Å². The second-order valence-electron chi connectivity index (χ2n) is 8.33. The van der Waals surface area contributed by atoms with Gasteiger partial charge in [-0.3, -0.25) is 4.79 Å². The minimum Gasteiger partial charge on any atom is -0.289 e. The molecule has 2 nitrogen and oxygen atoms in total. The molecule has 0 radical (unpaired) electrons. The third kappa shape index (κ3) is 3.92. The van der Waals surface area contributed by atoms with E-state index in [2.05, 4.69) is 47.6 Å². The third-order valence-corrected chi connectivity index (χ3v) is 4.08. The predicted molar refractivity (Wildman–Crippen MR) is 99.2 cm³/mol. The normalized spacial score (nSPS) is 15.5. The Kier molecular flexibility index (Phi) is 4.67. The van der Waals surface area contributed by atoms with Gasteiger partial charge in [-0.1, -0.05) is 53.7 Å². The summed E-state index contributed by atoms with van der Waals surface area (Å²) in [6.07, 6.45) is 6.00. The molecule has 0 fully saturated rings. The number of Topliss-reactive ketones (excluding diaryl/α,β-unsaturated/α-hetero) is 1. The molecular formula is C22H25NO. The predicted octanol–water partition coefficient (Wildman–Crippen LogP) is 5.47. The van der Waals surface area contributed by atoms with E-state index in [1.807, 2.05) is 36.4 Å². The van der Waals surface area contributed by atoms with Crippen LogP contribution in [0, 0.1) is 22.2 Å². The summed E-state index contributed by atoms with van der Waals surface area (Å²) in [6, 6.07) is 9.66. The van der Waals surface area contributed by atoms with Gasteiger partial charge in [0, 0.05) is 11.1 Å². The minimum atomic E-state index is -0.213. The first-order valence-corrected chi connectivity index (χ1v) is 8.23. The lowest BCUT2D eigenvalue weighted by atomic mass is 9.72. The molecule has 1 aromatic rings. The van der Waals surface area contributed by atoms with Crippen molar-refractivity contribution in [2.75, 3.05) is 0 Å². The van der Waals surface area contributed by atoms with Crippen molar-refractivity contribution in [3.8, 4) is 6.07 Å². The van der Waals surface area contributed by atoms with Gasteiger partial charge >= 0.3 is 0 Å². The SMILES string of the molecule is CC(C)(C)C1=CC(=Cc2cccc(C#N)c2)C=C(C(C)(C)C)C1=O. The first-order valence-electron chi connectivity index (χ1n) is 8.23. The molecule has 24 heavy (non-hydrogen) atoms. The van der Waals surface area contributed by atoms with Crippen LogP contribution in [-0.2, 0) is 4.79 Å². The molecule has 0 amide bonds. The van der Waals surface area contributed by atoms with Crippen LogP contribution in [0.25, 0.3) is 6.08 Å². The molecule has 0 aromatic heterocycles. The molecule has 1 aromatic carbocycles. The lowest BCUT2D eigenvalue weighted by Crippen LogP contribution is -2.27. The van der Waals surface area contributed by atoms with Crippen LogP contribution >= 0.6 is 0 Å². The van der Waals surface area contributed by atoms with Crippen molar-refractivity contribution in [2.45, 2.75) is 41.5 Å². The summed E-state index contributed by atoms with van der Waals surface area (Å²) in [4.78, 5) is 12.9. The topological polar surface area (TPSA) is 40.9 Å². The van der Waals surface area contributed by atoms with E-state index in [1.165, 1.54) is 0 Å². The molecule has 2 heteroatoms. The number of carbonyl (C=O) groups is 1. The highest BCUT2D eigenvalue weighted by molar-refractivity contribution is 6.12. The Balaban J connectivity index is 2.59. The number of nitrogens with zero attached hydrogens (tertiary/aromatic N) is 1. The summed E-state index contributed by atoms with van der Waals surface area (Å²) >= 11 is 0. The molecule has 124 valence electrons. The summed E-state index contributed by atoms with van der Waals surface area (Å²) in [6.45, 7) is 12.4. The summed E-state index contributed by atoms with van der Waals surface area (Å²) < 4.78 is 0. The van der Waals surface area contributed by atoms with Gasteiger partial charge in [0.15, 0.2) is 5.78 Å². The van der Waals surface area contributed by atoms with Gasteiger partial charge in [0.1, 0.15) is 0 Å². The second kappa shape index (κ2) is 6.24. The highest BCUT2D eigenvalue weighted by Crippen LogP contribution is 2.39. The molecule has 0 bridgehead atoms. The number of hydrogen-bond acceptors (Lipinski definition) is 2. The molecule has 0 aliphatic heterocycles. The van der Waals surface area contributed by atoms with Gasteiger partial charge < -0.3 is 0 Å². The quantitative estimate of drug-likeness (QED) is 0.688. The van der Waals surface area contributed by atoms with E-state index in [0.29, 0.717) is 5.56 Å². The number of rotatable bonds is 1. The Morgan fingerprint density at radius 2 is 1.50 bits per heavy atom. The van der Waals surface area contributed by atoms with E-state index in [9.17, 15) is 4.79 Å². The first kappa shape index (κ1) is 17.9. The van der Waals surface area contributed by atoms with E-state index < -0.39 is 0 Å². The fraction of sp³-hybridized carbons (Fsp3) is 0.364. The maximum Gasteiger partial charge on any atom is 0.186 e. The zero-order chi connectivity index (χ0) is 18.1. The molecular weight excluding hydrogens is 294 g/mol. The van der Waals surface area contributed by atoms with Crippen LogP contribution in [0.3, 0.4) is 0 Å². The van der Waals surface area contributed by atoms with Crippen molar-refractivity contribution in [3.05, 3.63) is 64.3 Å². The smallest absolute Gasteiger partial charge is 0.186 e. The maximum atomic E-state index is 12.9. The van der Waals surface area contributed by atoms with Gasteiger partial charge in [0.25, 0.3) is 0 Å². The number of carbonyl (C=O) groups excluding carboxylic acids is 1. The van der Waals surface area contributed by atoms with Crippen LogP contribution in [0.1, 0.15) is 52.7 Å². The van der Waals surface area contributed by atoms with Crippen molar-refractivity contribution in [2.24, 2.45) is 10.8 Å². The van der Waals surface area contributed by atoms with Crippen molar-refractivity contribution < 1.29 is 4.79 Å². The van der Waals surface area contributed by atoms with E-state index in [-0.39, 0.29) is 16.6 Å². The molecule has 0 unspecified atom stereocenters. The summed E-state index contributed by atoms with van der Waals surface area (Å²) in [5, 5.41) is 9.06. The maximum absolute atomic E-state index is 12.9. The van der Waals surface area contributed by atoms with Gasteiger partial charge in [0.2, 0.25) is 0 Å². The fourth-order valence-corrected chi connectivity index (χ4v) is 2.74. The Morgan fingerprint density at radius 1 is 0.958 bits per heavy atom. The van der Waals surface area contributed by atoms with Crippen molar-refractivity contribution in [3.63, 3.8) is 0 Å². The molecule has 1 aliphatic carbocycles. The van der Waals surface area contributed by atoms with Gasteiger partial charge in [-0.2, -0.15) is 5.26 Å². The van der Waals surface area contributed by atoms with Crippen LogP contribution in [0.5, 0.6) is 0 Å². The molecule has 0 saturated heterocycles. The van der Waals surface area contributed by atoms with Crippen LogP contribution < -0.4 is 0 Å². The van der Waals surface area contributed by atoms with Crippen LogP contribution in [0.2, 0.25) is 0 Å². The lowest BCUT2D eigenvalue weighted by molar-refractivity contribution is -0.114. The lowest BCUT2D eigenvalue weighted by Gasteiger charge is -2.31. The minimum absolute atomic E-state index is 0.137. The summed E-state index contributed by atoms with van der Waals surface area (Å²) in [7, 11) is 0. The zero-order valence-electron chi connectivity index (χ0n) is 15.4. The molecule has 0 saturated carbocycles. The van der Waals surface area contributed by atoms with E-state index >= 15 is 0 Å². The fourth-order valence-electron chi connectivity index (χ4n) is 2.74. The molecule has 0 spiro atoms. The van der Waals surface area contributed by atoms with E-state index in [0.717, 1.165) is 22.3 Å². The zero-order valence-corrected chi connectivity index (χ0v) is 15.4. The van der Waals surface area contributed by atoms with Gasteiger partial charge in [-0.05, 0) is 52.3 Å². The van der Waals surface area contributed by atoms with Gasteiger partial charge in [-0.15, -0.1) is 0 Å². The highest BCUT2D eigenvalue weighted by Gasteiger charge is 2.33. The second-order valence-corrected chi connectivity index (χ2v) is 8.33. The van der Waals surface area contributed by atoms with Crippen molar-refractivity contribution in [1.29, 1.82) is 5.26 Å². The van der Waals surface area contributed by atoms with Crippen molar-refractivity contribution >= 4 is 11.9 Å². The molecule has 0 heterocycles. The van der Waals surface area contributed by atoms with E-state index in [1.54, 1.807) is 6.07 Å². The highest BCUT2D eigenvalue weighted by atomic mass is 16.1. The van der Waals surface area contributed by atoms with Crippen LogP contribution in [-0.4, -0.2) is 5.78 Å². The van der Waals surface area contributed by atoms with Crippen LogP contribution in [0.4, 0.5) is 0 Å². The number of ketones is 1. The molecule has 0 N–H and O–H groups in total. The van der Waals surface area contributed by atoms with Crippen LogP contribution in [0.15, 0.2) is 53.1 Å². The number of nitriles is 1. The summed E-state index contributed by atoms with van der Waals surface area (Å²) in [5.41, 5.74) is 3.84. The average Bonchev–Trinajstić information content (AvgIpc) is 2.46. The Hall–Kier alpha value is -2.40. The van der Waals surface area contributed by atoms with Crippen molar-refractivity contribution in [1.82, 2.24) is 0 Å². The Morgan fingerprint density at radius 3 is 1.96 bits per heavy atom. The number of benzene rings is 1. The molecule has 2 rings (SSSR count). The Bertz CT molecular complexity index is 764. The first-order chi connectivity index (χ1) is 11.0. The van der Waals surface area contributed by atoms with Gasteiger partial charge in [-0.25, -0.2) is 0 Å². The van der Waals surface area contributed by atoms with E-state index in [4.69, 9.17) is 5.26 Å². The molecule has 1 aliphatic rings. The third-order valence-electron chi connectivity index (χ3n) is 4.08. The molecule has 0 atom stereocenters. The number of hydrogen-bond donors (Lipinski definition) is 0. The largest absolute Gasteiger partial charge is 0.289 e. The van der Waals surface area contributed by atoms with Gasteiger partial charge in [0.05, 0.1) is 11.6 Å². The number of allylic oxidation sites excluding steroid dienone is 5. The average molecular weight is 319 g/mol. The standard InChI is InChI=1S/C22H25NO/c1-21(2,3)18-12-17(13-19(20(18)24)22(4,5)6)11-15-8-7-9-16(10-15)14-23/h7-13H,1-6H3. The summed E-state index contributed by atoms with van der Waals surface area (Å²) in [5.74, 6) is 0.137. The monoisotopic (exact) mass is 319 g/mol.